The first-order chi connectivity index (χ1) is 7.56. The van der Waals surface area contributed by atoms with Gasteiger partial charge in [0.2, 0.25) is 0 Å². The van der Waals surface area contributed by atoms with Crippen LogP contribution in [0.2, 0.25) is 0 Å². The molecule has 1 aliphatic rings. The maximum atomic E-state index is 5.90. The van der Waals surface area contributed by atoms with Crippen LogP contribution < -0.4 is 10.6 Å². The number of anilines is 2. The normalized spacial score (nSPS) is 25.8. The summed E-state index contributed by atoms with van der Waals surface area (Å²) in [6, 6.07) is 6.36. The molecule has 0 saturated carbocycles. The summed E-state index contributed by atoms with van der Waals surface area (Å²) in [6.07, 6.45) is 1.29. The van der Waals surface area contributed by atoms with Crippen LogP contribution >= 0.6 is 0 Å². The van der Waals surface area contributed by atoms with E-state index in [1.54, 1.807) is 0 Å². The van der Waals surface area contributed by atoms with Gasteiger partial charge in [0.05, 0.1) is 0 Å². The highest BCUT2D eigenvalue weighted by atomic mass is 15.1. The average Bonchev–Trinajstić information content (AvgIpc) is 2.20. The van der Waals surface area contributed by atoms with Crippen molar-refractivity contribution in [3.63, 3.8) is 0 Å². The number of hydrogen-bond donors (Lipinski definition) is 1. The Bertz CT molecular complexity index is 353. The molecule has 0 bridgehead atoms. The Morgan fingerprint density at radius 1 is 1.19 bits per heavy atom. The van der Waals surface area contributed by atoms with Gasteiger partial charge < -0.3 is 10.6 Å². The fourth-order valence-electron chi connectivity index (χ4n) is 2.47. The van der Waals surface area contributed by atoms with Gasteiger partial charge in [-0.1, -0.05) is 13.8 Å². The molecule has 0 spiro atoms. The highest BCUT2D eigenvalue weighted by Gasteiger charge is 2.22. The van der Waals surface area contributed by atoms with Crippen molar-refractivity contribution >= 4 is 11.4 Å². The molecule has 2 unspecified atom stereocenters. The second kappa shape index (κ2) is 4.36. The lowest BCUT2D eigenvalue weighted by Crippen LogP contribution is -2.38. The number of piperidine rings is 1. The number of hydrogen-bond acceptors (Lipinski definition) is 2. The van der Waals surface area contributed by atoms with Gasteiger partial charge in [-0.15, -0.1) is 0 Å². The number of aryl methyl sites for hydroxylation is 1. The van der Waals surface area contributed by atoms with Gasteiger partial charge in [-0.3, -0.25) is 0 Å². The minimum atomic E-state index is 0.774. The molecule has 2 rings (SSSR count). The maximum Gasteiger partial charge on any atom is 0.0389 e. The Balaban J connectivity index is 2.18. The SMILES string of the molecule is Cc1cc(N)cc(N2CCC(C)C(C)C2)c1. The first-order valence-electron chi connectivity index (χ1n) is 6.18. The Hall–Kier alpha value is -1.18. The first-order valence-corrected chi connectivity index (χ1v) is 6.18. The van der Waals surface area contributed by atoms with Crippen LogP contribution in [0.1, 0.15) is 25.8 Å². The van der Waals surface area contributed by atoms with E-state index < -0.39 is 0 Å². The predicted molar refractivity (Wildman–Crippen MR) is 70.7 cm³/mol. The third kappa shape index (κ3) is 2.31. The third-order valence-electron chi connectivity index (χ3n) is 3.78. The van der Waals surface area contributed by atoms with E-state index in [0.29, 0.717) is 0 Å². The van der Waals surface area contributed by atoms with E-state index in [1.807, 2.05) is 6.07 Å². The van der Waals surface area contributed by atoms with Gasteiger partial charge in [0.1, 0.15) is 0 Å². The van der Waals surface area contributed by atoms with E-state index >= 15 is 0 Å². The fraction of sp³-hybridized carbons (Fsp3) is 0.571. The summed E-state index contributed by atoms with van der Waals surface area (Å²) in [7, 11) is 0. The van der Waals surface area contributed by atoms with E-state index in [1.165, 1.54) is 17.7 Å². The Morgan fingerprint density at radius 3 is 2.56 bits per heavy atom. The van der Waals surface area contributed by atoms with Crippen molar-refractivity contribution in [2.24, 2.45) is 11.8 Å². The summed E-state index contributed by atoms with van der Waals surface area (Å²) < 4.78 is 0. The lowest BCUT2D eigenvalue weighted by Gasteiger charge is -2.37. The first kappa shape index (κ1) is 11.3. The molecule has 1 fully saturated rings. The van der Waals surface area contributed by atoms with Gasteiger partial charge in [-0.2, -0.15) is 0 Å². The van der Waals surface area contributed by atoms with Gasteiger partial charge in [0.15, 0.2) is 0 Å². The zero-order valence-electron chi connectivity index (χ0n) is 10.5. The minimum absolute atomic E-state index is 0.774. The molecule has 2 nitrogen and oxygen atoms in total. The molecule has 2 N–H and O–H groups in total. The quantitative estimate of drug-likeness (QED) is 0.734. The average molecular weight is 218 g/mol. The van der Waals surface area contributed by atoms with Crippen LogP contribution in [0, 0.1) is 18.8 Å². The van der Waals surface area contributed by atoms with E-state index in [4.69, 9.17) is 5.73 Å². The Labute approximate surface area is 98.4 Å². The van der Waals surface area contributed by atoms with Crippen LogP contribution in [-0.4, -0.2) is 13.1 Å². The lowest BCUT2D eigenvalue weighted by molar-refractivity contribution is 0.324. The molecular formula is C14H22N2. The third-order valence-corrected chi connectivity index (χ3v) is 3.78. The Kier molecular flexibility index (Phi) is 3.08. The topological polar surface area (TPSA) is 29.3 Å². The van der Waals surface area contributed by atoms with Crippen molar-refractivity contribution in [2.75, 3.05) is 23.7 Å². The van der Waals surface area contributed by atoms with Crippen LogP contribution in [0.3, 0.4) is 0 Å². The highest BCUT2D eigenvalue weighted by molar-refractivity contribution is 5.58. The van der Waals surface area contributed by atoms with Crippen molar-refractivity contribution < 1.29 is 0 Å². The van der Waals surface area contributed by atoms with Crippen molar-refractivity contribution in [2.45, 2.75) is 27.2 Å². The van der Waals surface area contributed by atoms with Gasteiger partial charge in [0, 0.05) is 24.5 Å². The van der Waals surface area contributed by atoms with E-state index in [0.717, 1.165) is 30.6 Å². The summed E-state index contributed by atoms with van der Waals surface area (Å²) in [6.45, 7) is 9.12. The number of nitrogens with two attached hydrogens (primary N) is 1. The number of rotatable bonds is 1. The highest BCUT2D eigenvalue weighted by Crippen LogP contribution is 2.28. The van der Waals surface area contributed by atoms with Crippen molar-refractivity contribution in [1.82, 2.24) is 0 Å². The van der Waals surface area contributed by atoms with Gasteiger partial charge in [-0.25, -0.2) is 0 Å². The molecule has 2 heteroatoms. The van der Waals surface area contributed by atoms with Gasteiger partial charge in [0.25, 0.3) is 0 Å². The summed E-state index contributed by atoms with van der Waals surface area (Å²) >= 11 is 0. The largest absolute Gasteiger partial charge is 0.399 e. The monoisotopic (exact) mass is 218 g/mol. The second-order valence-electron chi connectivity index (χ2n) is 5.29. The number of nitrogens with zero attached hydrogens (tertiary/aromatic N) is 1. The van der Waals surface area contributed by atoms with Crippen molar-refractivity contribution in [3.05, 3.63) is 23.8 Å². The standard InChI is InChI=1S/C14H22N2/c1-10-6-13(15)8-14(7-10)16-5-4-11(2)12(3)9-16/h6-8,11-12H,4-5,9,15H2,1-3H3. The molecule has 0 radical (unpaired) electrons. The maximum absolute atomic E-state index is 5.90. The smallest absolute Gasteiger partial charge is 0.0389 e. The molecule has 88 valence electrons. The van der Waals surface area contributed by atoms with Gasteiger partial charge in [-0.05, 0) is 48.9 Å². The molecule has 1 aromatic rings. The molecule has 0 aromatic heterocycles. The Morgan fingerprint density at radius 2 is 1.94 bits per heavy atom. The predicted octanol–water partition coefficient (Wildman–Crippen LogP) is 3.06. The van der Waals surface area contributed by atoms with Gasteiger partial charge >= 0.3 is 0 Å². The van der Waals surface area contributed by atoms with E-state index in [9.17, 15) is 0 Å². The van der Waals surface area contributed by atoms with Crippen LogP contribution in [-0.2, 0) is 0 Å². The molecule has 0 aliphatic carbocycles. The molecule has 16 heavy (non-hydrogen) atoms. The summed E-state index contributed by atoms with van der Waals surface area (Å²) in [4.78, 5) is 2.47. The van der Waals surface area contributed by atoms with Crippen LogP contribution in [0.4, 0.5) is 11.4 Å². The van der Waals surface area contributed by atoms with Crippen molar-refractivity contribution in [3.8, 4) is 0 Å². The number of nitrogen functional groups attached to an aromatic ring is 1. The summed E-state index contributed by atoms with van der Waals surface area (Å²) in [5.74, 6) is 1.62. The van der Waals surface area contributed by atoms with Crippen LogP contribution in [0.15, 0.2) is 18.2 Å². The summed E-state index contributed by atoms with van der Waals surface area (Å²) in [5, 5.41) is 0. The second-order valence-corrected chi connectivity index (χ2v) is 5.29. The lowest BCUT2D eigenvalue weighted by atomic mass is 9.88. The minimum Gasteiger partial charge on any atom is -0.399 e. The van der Waals surface area contributed by atoms with Crippen molar-refractivity contribution in [1.29, 1.82) is 0 Å². The van der Waals surface area contributed by atoms with Crippen LogP contribution in [0.25, 0.3) is 0 Å². The van der Waals surface area contributed by atoms with E-state index in [2.05, 4.69) is 37.8 Å². The molecule has 1 aromatic carbocycles. The summed E-state index contributed by atoms with van der Waals surface area (Å²) in [5.41, 5.74) is 9.32. The zero-order valence-corrected chi connectivity index (χ0v) is 10.5. The molecule has 1 saturated heterocycles. The molecule has 1 aliphatic heterocycles. The molecule has 0 amide bonds. The number of benzene rings is 1. The van der Waals surface area contributed by atoms with E-state index in [-0.39, 0.29) is 0 Å². The molecule has 1 heterocycles. The fourth-order valence-corrected chi connectivity index (χ4v) is 2.47. The zero-order chi connectivity index (χ0) is 11.7. The van der Waals surface area contributed by atoms with Crippen LogP contribution in [0.5, 0.6) is 0 Å². The molecule has 2 atom stereocenters. The molecular weight excluding hydrogens is 196 g/mol.